The van der Waals surface area contributed by atoms with Gasteiger partial charge in [-0.1, -0.05) is 6.07 Å². The van der Waals surface area contributed by atoms with Crippen LogP contribution < -0.4 is 14.2 Å². The number of aromatic nitrogens is 3. The molecule has 1 aromatic carbocycles. The van der Waals surface area contributed by atoms with Crippen molar-refractivity contribution in [2.45, 2.75) is 19.6 Å². The van der Waals surface area contributed by atoms with Gasteiger partial charge in [0.2, 0.25) is 0 Å². The quantitative estimate of drug-likeness (QED) is 0.622. The van der Waals surface area contributed by atoms with Crippen molar-refractivity contribution >= 4 is 5.91 Å². The van der Waals surface area contributed by atoms with Crippen LogP contribution in [0.15, 0.2) is 48.9 Å². The lowest BCUT2D eigenvalue weighted by atomic mass is 9.99. The molecule has 0 atom stereocenters. The van der Waals surface area contributed by atoms with E-state index in [9.17, 15) is 4.79 Å². The molecule has 0 saturated carbocycles. The molecule has 3 aromatic rings. The summed E-state index contributed by atoms with van der Waals surface area (Å²) in [6, 6.07) is 9.97. The van der Waals surface area contributed by atoms with Crippen molar-refractivity contribution in [3.8, 4) is 17.5 Å². The Labute approximate surface area is 174 Å². The number of ether oxygens (including phenoxy) is 3. The molecule has 0 spiro atoms. The van der Waals surface area contributed by atoms with Crippen molar-refractivity contribution in [2.24, 2.45) is 0 Å². The second kappa shape index (κ2) is 8.77. The summed E-state index contributed by atoms with van der Waals surface area (Å²) in [5, 5.41) is 0. The average molecular weight is 406 g/mol. The monoisotopic (exact) mass is 406 g/mol. The molecule has 3 heterocycles. The highest BCUT2D eigenvalue weighted by Gasteiger charge is 2.23. The Morgan fingerprint density at radius 2 is 1.77 bits per heavy atom. The zero-order valence-corrected chi connectivity index (χ0v) is 16.9. The van der Waals surface area contributed by atoms with Crippen LogP contribution in [0.25, 0.3) is 0 Å². The molecule has 0 bridgehead atoms. The Balaban J connectivity index is 1.42. The van der Waals surface area contributed by atoms with Crippen molar-refractivity contribution in [3.05, 3.63) is 71.3 Å². The summed E-state index contributed by atoms with van der Waals surface area (Å²) in [6.07, 6.45) is 5.44. The topological polar surface area (TPSA) is 86.7 Å². The molecule has 30 heavy (non-hydrogen) atoms. The number of pyridine rings is 1. The van der Waals surface area contributed by atoms with Crippen molar-refractivity contribution in [2.75, 3.05) is 20.8 Å². The maximum atomic E-state index is 12.8. The maximum absolute atomic E-state index is 12.8. The summed E-state index contributed by atoms with van der Waals surface area (Å²) in [5.41, 5.74) is 3.55. The molecule has 1 aliphatic rings. The molecule has 0 unspecified atom stereocenters. The molecular weight excluding hydrogens is 384 g/mol. The number of carbonyl (C=O) groups excluding carboxylic acids is 1. The molecule has 4 rings (SSSR count). The minimum atomic E-state index is -0.0999. The predicted octanol–water partition coefficient (Wildman–Crippen LogP) is 2.67. The Morgan fingerprint density at radius 3 is 2.47 bits per heavy atom. The van der Waals surface area contributed by atoms with Gasteiger partial charge in [0.1, 0.15) is 18.1 Å². The van der Waals surface area contributed by atoms with Crippen LogP contribution in [-0.2, 0) is 19.6 Å². The van der Waals surface area contributed by atoms with Crippen LogP contribution in [0.2, 0.25) is 0 Å². The SMILES string of the molecule is COc1ccc(COc2ccc3c(c2)CN(C(=O)c2cnc(OC)nc2)CC3)nc1. The van der Waals surface area contributed by atoms with Gasteiger partial charge >= 0.3 is 6.01 Å². The van der Waals surface area contributed by atoms with Crippen molar-refractivity contribution in [1.82, 2.24) is 19.9 Å². The normalized spacial score (nSPS) is 12.8. The Kier molecular flexibility index (Phi) is 5.74. The third-order valence-corrected chi connectivity index (χ3v) is 4.95. The number of hydrogen-bond donors (Lipinski definition) is 0. The van der Waals surface area contributed by atoms with Crippen LogP contribution in [-0.4, -0.2) is 46.5 Å². The highest BCUT2D eigenvalue weighted by atomic mass is 16.5. The fourth-order valence-corrected chi connectivity index (χ4v) is 3.29. The molecule has 0 radical (unpaired) electrons. The summed E-state index contributed by atoms with van der Waals surface area (Å²) in [4.78, 5) is 27.0. The zero-order valence-electron chi connectivity index (χ0n) is 16.9. The lowest BCUT2D eigenvalue weighted by molar-refractivity contribution is 0.0733. The van der Waals surface area contributed by atoms with Crippen molar-refractivity contribution < 1.29 is 19.0 Å². The van der Waals surface area contributed by atoms with E-state index in [1.807, 2.05) is 24.3 Å². The second-order valence-corrected chi connectivity index (χ2v) is 6.84. The molecule has 154 valence electrons. The molecule has 2 aromatic heterocycles. The van der Waals surface area contributed by atoms with Crippen LogP contribution in [0.5, 0.6) is 17.5 Å². The van der Waals surface area contributed by atoms with Gasteiger partial charge < -0.3 is 19.1 Å². The van der Waals surface area contributed by atoms with E-state index in [1.165, 1.54) is 25.1 Å². The highest BCUT2D eigenvalue weighted by Crippen LogP contribution is 2.25. The van der Waals surface area contributed by atoms with Crippen LogP contribution >= 0.6 is 0 Å². The lowest BCUT2D eigenvalue weighted by Gasteiger charge is -2.29. The number of hydrogen-bond acceptors (Lipinski definition) is 7. The first-order valence-electron chi connectivity index (χ1n) is 9.55. The molecule has 0 aliphatic carbocycles. The van der Waals surface area contributed by atoms with E-state index in [1.54, 1.807) is 18.2 Å². The first kappa shape index (κ1) is 19.6. The number of rotatable bonds is 6. The lowest BCUT2D eigenvalue weighted by Crippen LogP contribution is -2.36. The van der Waals surface area contributed by atoms with Gasteiger partial charge in [-0.2, -0.15) is 0 Å². The smallest absolute Gasteiger partial charge is 0.316 e. The van der Waals surface area contributed by atoms with Crippen LogP contribution in [0.1, 0.15) is 27.2 Å². The molecule has 0 N–H and O–H groups in total. The standard InChI is InChI=1S/C22H22N4O4/c1-28-20-6-4-18(23-12-20)14-30-19-5-3-15-7-8-26(13-16(15)9-19)21(27)17-10-24-22(29-2)25-11-17/h3-6,9-12H,7-8,13-14H2,1-2H3. The molecule has 8 nitrogen and oxygen atoms in total. The summed E-state index contributed by atoms with van der Waals surface area (Å²) in [7, 11) is 3.10. The van der Waals surface area contributed by atoms with E-state index in [0.29, 0.717) is 31.0 Å². The Morgan fingerprint density at radius 1 is 0.967 bits per heavy atom. The van der Waals surface area contributed by atoms with Crippen LogP contribution in [0.3, 0.4) is 0 Å². The molecule has 0 fully saturated rings. The van der Waals surface area contributed by atoms with Crippen molar-refractivity contribution in [3.63, 3.8) is 0 Å². The number of fused-ring (bicyclic) bond motifs is 1. The number of methoxy groups -OCH3 is 2. The minimum Gasteiger partial charge on any atom is -0.495 e. The van der Waals surface area contributed by atoms with Gasteiger partial charge in [-0.15, -0.1) is 0 Å². The van der Waals surface area contributed by atoms with Gasteiger partial charge in [-0.25, -0.2) is 9.97 Å². The summed E-state index contributed by atoms with van der Waals surface area (Å²) >= 11 is 0. The van der Waals surface area contributed by atoms with Crippen LogP contribution in [0.4, 0.5) is 0 Å². The summed E-state index contributed by atoms with van der Waals surface area (Å²) in [5.74, 6) is 1.35. The molecule has 0 saturated heterocycles. The second-order valence-electron chi connectivity index (χ2n) is 6.84. The highest BCUT2D eigenvalue weighted by molar-refractivity contribution is 5.93. The first-order chi connectivity index (χ1) is 14.7. The number of carbonyl (C=O) groups is 1. The van der Waals surface area contributed by atoms with E-state index < -0.39 is 0 Å². The van der Waals surface area contributed by atoms with E-state index in [4.69, 9.17) is 14.2 Å². The van der Waals surface area contributed by atoms with E-state index >= 15 is 0 Å². The van der Waals surface area contributed by atoms with Gasteiger partial charge in [0.05, 0.1) is 31.7 Å². The first-order valence-corrected chi connectivity index (χ1v) is 9.55. The largest absolute Gasteiger partial charge is 0.495 e. The van der Waals surface area contributed by atoms with Gasteiger partial charge in [0.25, 0.3) is 5.91 Å². The van der Waals surface area contributed by atoms with E-state index in [2.05, 4.69) is 21.0 Å². The molecular formula is C22H22N4O4. The third kappa shape index (κ3) is 4.32. The Bertz CT molecular complexity index is 1020. The van der Waals surface area contributed by atoms with Crippen LogP contribution in [0, 0.1) is 0 Å². The van der Waals surface area contributed by atoms with Gasteiger partial charge in [0.15, 0.2) is 0 Å². The summed E-state index contributed by atoms with van der Waals surface area (Å²) in [6.45, 7) is 1.51. The zero-order chi connectivity index (χ0) is 20.9. The van der Waals surface area contributed by atoms with E-state index in [-0.39, 0.29) is 11.9 Å². The number of benzene rings is 1. The van der Waals surface area contributed by atoms with Crippen molar-refractivity contribution in [1.29, 1.82) is 0 Å². The Hall–Kier alpha value is -3.68. The summed E-state index contributed by atoms with van der Waals surface area (Å²) < 4.78 is 16.0. The number of amides is 1. The molecule has 1 aliphatic heterocycles. The van der Waals surface area contributed by atoms with Gasteiger partial charge in [-0.05, 0) is 41.8 Å². The third-order valence-electron chi connectivity index (χ3n) is 4.95. The molecule has 1 amide bonds. The fourth-order valence-electron chi connectivity index (χ4n) is 3.29. The minimum absolute atomic E-state index is 0.0999. The van der Waals surface area contributed by atoms with Gasteiger partial charge in [0, 0.05) is 25.5 Å². The molecule has 8 heteroatoms. The predicted molar refractivity (Wildman–Crippen MR) is 109 cm³/mol. The number of nitrogens with zero attached hydrogens (tertiary/aromatic N) is 4. The maximum Gasteiger partial charge on any atom is 0.316 e. The fraction of sp³-hybridized carbons (Fsp3) is 0.273. The van der Waals surface area contributed by atoms with E-state index in [0.717, 1.165) is 23.4 Å². The van der Waals surface area contributed by atoms with Gasteiger partial charge in [-0.3, -0.25) is 9.78 Å². The average Bonchev–Trinajstić information content (AvgIpc) is 2.82.